The van der Waals surface area contributed by atoms with Crippen LogP contribution in [0.25, 0.3) is 5.69 Å². The summed E-state index contributed by atoms with van der Waals surface area (Å²) in [6.07, 6.45) is 0.657. The van der Waals surface area contributed by atoms with E-state index in [4.69, 9.17) is 0 Å². The van der Waals surface area contributed by atoms with Crippen molar-refractivity contribution in [3.05, 3.63) is 71.5 Å². The first-order valence-corrected chi connectivity index (χ1v) is 7.51. The average Bonchev–Trinajstić information content (AvgIpc) is 3.14. The molecule has 0 saturated heterocycles. The molecule has 1 amide bonds. The monoisotopic (exact) mass is 323 g/mol. The summed E-state index contributed by atoms with van der Waals surface area (Å²) in [7, 11) is 0. The number of amides is 1. The van der Waals surface area contributed by atoms with Crippen LogP contribution >= 0.6 is 0 Å². The minimum absolute atomic E-state index is 0.119. The first-order chi connectivity index (χ1) is 11.7. The third-order valence-corrected chi connectivity index (χ3v) is 3.75. The molecule has 7 heteroatoms. The molecule has 0 saturated carbocycles. The lowest BCUT2D eigenvalue weighted by atomic mass is 10.0. The molecule has 0 spiro atoms. The van der Waals surface area contributed by atoms with Gasteiger partial charge in [0.15, 0.2) is 0 Å². The summed E-state index contributed by atoms with van der Waals surface area (Å²) in [6.45, 7) is 2.04. The molecular weight excluding hydrogens is 306 g/mol. The van der Waals surface area contributed by atoms with Gasteiger partial charge in [0.2, 0.25) is 0 Å². The summed E-state index contributed by atoms with van der Waals surface area (Å²) in [6, 6.07) is 14.5. The molecule has 7 nitrogen and oxygen atoms in total. The molecule has 1 atom stereocenters. The van der Waals surface area contributed by atoms with Crippen molar-refractivity contribution in [2.45, 2.75) is 13.0 Å². The van der Waals surface area contributed by atoms with Gasteiger partial charge in [-0.2, -0.15) is 4.68 Å². The molecule has 0 fully saturated rings. The number of aliphatic hydroxyl groups is 1. The number of aliphatic hydroxyl groups excluding tert-OH is 1. The third-order valence-electron chi connectivity index (χ3n) is 3.75. The van der Waals surface area contributed by atoms with Gasteiger partial charge in [-0.15, -0.1) is 5.10 Å². The minimum atomic E-state index is -0.768. The maximum Gasteiger partial charge on any atom is 0.253 e. The first kappa shape index (κ1) is 15.8. The van der Waals surface area contributed by atoms with E-state index in [1.807, 2.05) is 31.2 Å². The molecule has 2 aromatic carbocycles. The lowest BCUT2D eigenvalue weighted by Gasteiger charge is -2.15. The van der Waals surface area contributed by atoms with Crippen LogP contribution in [0.5, 0.6) is 0 Å². The predicted octanol–water partition coefficient (Wildman–Crippen LogP) is 1.43. The molecule has 0 bridgehead atoms. The first-order valence-electron chi connectivity index (χ1n) is 7.51. The fourth-order valence-corrected chi connectivity index (χ4v) is 2.49. The van der Waals surface area contributed by atoms with E-state index in [1.165, 1.54) is 11.0 Å². The van der Waals surface area contributed by atoms with E-state index in [0.29, 0.717) is 11.3 Å². The smallest absolute Gasteiger partial charge is 0.253 e. The lowest BCUT2D eigenvalue weighted by Crippen LogP contribution is -2.29. The summed E-state index contributed by atoms with van der Waals surface area (Å²) in [5.41, 5.74) is 2.78. The van der Waals surface area contributed by atoms with Crippen LogP contribution in [0, 0.1) is 6.92 Å². The Kier molecular flexibility index (Phi) is 4.62. The Morgan fingerprint density at radius 1 is 1.21 bits per heavy atom. The van der Waals surface area contributed by atoms with Crippen LogP contribution in [-0.2, 0) is 0 Å². The zero-order chi connectivity index (χ0) is 16.9. The summed E-state index contributed by atoms with van der Waals surface area (Å²) < 4.78 is 1.42. The Bertz CT molecular complexity index is 833. The summed E-state index contributed by atoms with van der Waals surface area (Å²) in [5, 5.41) is 24.0. The van der Waals surface area contributed by atoms with Crippen molar-refractivity contribution >= 4 is 5.91 Å². The van der Waals surface area contributed by atoms with E-state index in [1.54, 1.807) is 24.3 Å². The number of tetrazole rings is 1. The van der Waals surface area contributed by atoms with Crippen molar-refractivity contribution < 1.29 is 9.90 Å². The highest BCUT2D eigenvalue weighted by atomic mass is 16.3. The molecule has 3 aromatic rings. The second-order valence-electron chi connectivity index (χ2n) is 5.35. The summed E-state index contributed by atoms with van der Waals surface area (Å²) >= 11 is 0. The van der Waals surface area contributed by atoms with Gasteiger partial charge in [0.05, 0.1) is 17.4 Å². The number of nitrogens with zero attached hydrogens (tertiary/aromatic N) is 4. The predicted molar refractivity (Wildman–Crippen MR) is 87.6 cm³/mol. The van der Waals surface area contributed by atoms with Crippen molar-refractivity contribution in [1.82, 2.24) is 25.5 Å². The SMILES string of the molecule is Cc1ccccc1C(O)CNC(=O)c1ccccc1-n1cnnn1. The van der Waals surface area contributed by atoms with E-state index in [9.17, 15) is 9.90 Å². The molecular formula is C17H17N5O2. The van der Waals surface area contributed by atoms with Crippen LogP contribution in [0.4, 0.5) is 0 Å². The number of benzene rings is 2. The molecule has 0 aliphatic heterocycles. The van der Waals surface area contributed by atoms with Gasteiger partial charge in [-0.05, 0) is 40.6 Å². The van der Waals surface area contributed by atoms with Crippen LogP contribution in [0.15, 0.2) is 54.9 Å². The maximum absolute atomic E-state index is 12.5. The van der Waals surface area contributed by atoms with E-state index in [2.05, 4.69) is 20.8 Å². The van der Waals surface area contributed by atoms with Crippen molar-refractivity contribution in [3.63, 3.8) is 0 Å². The zero-order valence-electron chi connectivity index (χ0n) is 13.1. The fraction of sp³-hybridized carbons (Fsp3) is 0.176. The van der Waals surface area contributed by atoms with Gasteiger partial charge in [-0.25, -0.2) is 0 Å². The number of para-hydroxylation sites is 1. The van der Waals surface area contributed by atoms with Gasteiger partial charge in [-0.3, -0.25) is 4.79 Å². The molecule has 3 rings (SSSR count). The Labute approximate surface area is 138 Å². The normalized spacial score (nSPS) is 11.9. The Morgan fingerprint density at radius 3 is 2.71 bits per heavy atom. The van der Waals surface area contributed by atoms with E-state index < -0.39 is 6.10 Å². The molecule has 24 heavy (non-hydrogen) atoms. The number of nitrogens with one attached hydrogen (secondary N) is 1. The van der Waals surface area contributed by atoms with E-state index in [-0.39, 0.29) is 12.5 Å². The standard InChI is InChI=1S/C17H17N5O2/c1-12-6-2-3-7-13(12)16(23)10-18-17(24)14-8-4-5-9-15(14)22-11-19-20-21-22/h2-9,11,16,23H,10H2,1H3,(H,18,24). The molecule has 0 radical (unpaired) electrons. The second kappa shape index (κ2) is 7.01. The van der Waals surface area contributed by atoms with Crippen molar-refractivity contribution in [2.75, 3.05) is 6.54 Å². The third kappa shape index (κ3) is 3.31. The van der Waals surface area contributed by atoms with Gasteiger partial charge >= 0.3 is 0 Å². The van der Waals surface area contributed by atoms with E-state index >= 15 is 0 Å². The number of rotatable bonds is 5. The van der Waals surface area contributed by atoms with Crippen molar-refractivity contribution in [3.8, 4) is 5.69 Å². The summed E-state index contributed by atoms with van der Waals surface area (Å²) in [5.74, 6) is -0.297. The van der Waals surface area contributed by atoms with Gasteiger partial charge in [0.25, 0.3) is 5.91 Å². The van der Waals surface area contributed by atoms with Gasteiger partial charge in [-0.1, -0.05) is 36.4 Å². The van der Waals surface area contributed by atoms with Crippen molar-refractivity contribution in [2.24, 2.45) is 0 Å². The molecule has 0 aliphatic carbocycles. The quantitative estimate of drug-likeness (QED) is 0.741. The molecule has 122 valence electrons. The number of carbonyl (C=O) groups is 1. The lowest BCUT2D eigenvalue weighted by molar-refractivity contribution is 0.0915. The number of hydrogen-bond acceptors (Lipinski definition) is 5. The largest absolute Gasteiger partial charge is 0.387 e. The fourth-order valence-electron chi connectivity index (χ4n) is 2.49. The van der Waals surface area contributed by atoms with Crippen LogP contribution in [0.3, 0.4) is 0 Å². The molecule has 1 heterocycles. The van der Waals surface area contributed by atoms with Gasteiger partial charge in [0, 0.05) is 6.54 Å². The second-order valence-corrected chi connectivity index (χ2v) is 5.35. The Balaban J connectivity index is 1.74. The zero-order valence-corrected chi connectivity index (χ0v) is 13.1. The van der Waals surface area contributed by atoms with Crippen LogP contribution < -0.4 is 5.32 Å². The summed E-state index contributed by atoms with van der Waals surface area (Å²) in [4.78, 5) is 12.5. The number of hydrogen-bond donors (Lipinski definition) is 2. The molecule has 1 aromatic heterocycles. The van der Waals surface area contributed by atoms with Gasteiger partial charge in [0.1, 0.15) is 6.33 Å². The van der Waals surface area contributed by atoms with Crippen LogP contribution in [-0.4, -0.2) is 37.8 Å². The number of carbonyl (C=O) groups excluding carboxylic acids is 1. The molecule has 1 unspecified atom stereocenters. The number of aryl methyl sites for hydroxylation is 1. The van der Waals surface area contributed by atoms with Crippen molar-refractivity contribution in [1.29, 1.82) is 0 Å². The Morgan fingerprint density at radius 2 is 1.96 bits per heavy atom. The highest BCUT2D eigenvalue weighted by molar-refractivity contribution is 5.97. The average molecular weight is 323 g/mol. The topological polar surface area (TPSA) is 92.9 Å². The maximum atomic E-state index is 12.5. The highest BCUT2D eigenvalue weighted by Crippen LogP contribution is 2.17. The van der Waals surface area contributed by atoms with Gasteiger partial charge < -0.3 is 10.4 Å². The minimum Gasteiger partial charge on any atom is -0.387 e. The van der Waals surface area contributed by atoms with E-state index in [0.717, 1.165) is 11.1 Å². The molecule has 2 N–H and O–H groups in total. The highest BCUT2D eigenvalue weighted by Gasteiger charge is 2.16. The van der Waals surface area contributed by atoms with Crippen LogP contribution in [0.1, 0.15) is 27.6 Å². The number of aromatic nitrogens is 4. The Hall–Kier alpha value is -3.06. The molecule has 0 aliphatic rings. The van der Waals surface area contributed by atoms with Crippen LogP contribution in [0.2, 0.25) is 0 Å².